The van der Waals surface area contributed by atoms with Crippen molar-refractivity contribution in [2.75, 3.05) is 13.7 Å². The Hall–Kier alpha value is -4.31. The molecule has 0 spiro atoms. The van der Waals surface area contributed by atoms with Gasteiger partial charge in [0, 0.05) is 0 Å². The lowest BCUT2D eigenvalue weighted by Crippen LogP contribution is -2.24. The number of ether oxygens (including phenoxy) is 3. The van der Waals surface area contributed by atoms with Gasteiger partial charge in [0.25, 0.3) is 5.91 Å². The molecule has 0 aliphatic carbocycles. The van der Waals surface area contributed by atoms with Crippen LogP contribution in [0.4, 0.5) is 0 Å². The number of methoxy groups -OCH3 is 1. The molecule has 7 nitrogen and oxygen atoms in total. The van der Waals surface area contributed by atoms with Crippen LogP contribution in [0, 0.1) is 11.3 Å². The lowest BCUT2D eigenvalue weighted by Gasteiger charge is -2.11. The highest BCUT2D eigenvalue weighted by Gasteiger charge is 2.06. The minimum absolute atomic E-state index is 0.196. The first-order valence-electron chi connectivity index (χ1n) is 9.47. The minimum atomic E-state index is -0.407. The summed E-state index contributed by atoms with van der Waals surface area (Å²) in [5.74, 6) is 1.27. The van der Waals surface area contributed by atoms with Gasteiger partial charge in [-0.2, -0.15) is 10.4 Å². The van der Waals surface area contributed by atoms with Crippen molar-refractivity contribution < 1.29 is 19.0 Å². The molecular weight excluding hydrogens is 394 g/mol. The normalized spacial score (nSPS) is 10.3. The van der Waals surface area contributed by atoms with Crippen LogP contribution < -0.4 is 19.6 Å². The van der Waals surface area contributed by atoms with Crippen LogP contribution in [-0.2, 0) is 11.4 Å². The van der Waals surface area contributed by atoms with E-state index in [1.54, 1.807) is 43.5 Å². The summed E-state index contributed by atoms with van der Waals surface area (Å²) in [6.07, 6.45) is 1.50. The Morgan fingerprint density at radius 3 is 2.52 bits per heavy atom. The average Bonchev–Trinajstić information content (AvgIpc) is 2.82. The zero-order valence-electron chi connectivity index (χ0n) is 16.9. The number of benzene rings is 3. The van der Waals surface area contributed by atoms with Crippen molar-refractivity contribution in [2.24, 2.45) is 5.10 Å². The van der Waals surface area contributed by atoms with E-state index in [2.05, 4.69) is 10.5 Å². The number of hydrogen-bond donors (Lipinski definition) is 1. The van der Waals surface area contributed by atoms with Gasteiger partial charge in [0.15, 0.2) is 18.1 Å². The third kappa shape index (κ3) is 6.61. The van der Waals surface area contributed by atoms with Gasteiger partial charge in [-0.05, 0) is 53.6 Å². The standard InChI is InChI=1S/C24H21N3O4/c1-29-23-13-20(9-12-22(23)31-16-19-5-3-2-4-6-19)15-26-27-24(28)17-30-21-10-7-18(14-25)8-11-21/h2-13,15H,16-17H2,1H3,(H,27,28)/b26-15+. The van der Waals surface area contributed by atoms with Crippen LogP contribution in [-0.4, -0.2) is 25.8 Å². The summed E-state index contributed by atoms with van der Waals surface area (Å²) in [6.45, 7) is 0.235. The number of nitrogens with one attached hydrogen (secondary N) is 1. The van der Waals surface area contributed by atoms with E-state index >= 15 is 0 Å². The van der Waals surface area contributed by atoms with Crippen molar-refractivity contribution in [2.45, 2.75) is 6.61 Å². The minimum Gasteiger partial charge on any atom is -0.493 e. The van der Waals surface area contributed by atoms with Gasteiger partial charge >= 0.3 is 0 Å². The summed E-state index contributed by atoms with van der Waals surface area (Å²) >= 11 is 0. The van der Waals surface area contributed by atoms with E-state index in [1.165, 1.54) is 6.21 Å². The molecule has 0 heterocycles. The summed E-state index contributed by atoms with van der Waals surface area (Å²) in [4.78, 5) is 11.9. The topological polar surface area (TPSA) is 92.9 Å². The Bertz CT molecular complexity index is 1070. The molecule has 0 aliphatic rings. The molecule has 156 valence electrons. The highest BCUT2D eigenvalue weighted by molar-refractivity contribution is 5.83. The predicted octanol–water partition coefficient (Wildman–Crippen LogP) is 3.67. The zero-order valence-corrected chi connectivity index (χ0v) is 16.9. The number of carbonyl (C=O) groups excluding carboxylic acids is 1. The van der Waals surface area contributed by atoms with Crippen LogP contribution in [0.2, 0.25) is 0 Å². The predicted molar refractivity (Wildman–Crippen MR) is 116 cm³/mol. The first-order chi connectivity index (χ1) is 15.2. The third-order valence-corrected chi connectivity index (χ3v) is 4.18. The molecule has 0 bridgehead atoms. The van der Waals surface area contributed by atoms with Crippen molar-refractivity contribution in [3.63, 3.8) is 0 Å². The van der Waals surface area contributed by atoms with Gasteiger partial charge in [0.2, 0.25) is 0 Å². The maximum atomic E-state index is 11.9. The van der Waals surface area contributed by atoms with Gasteiger partial charge in [-0.25, -0.2) is 5.43 Å². The van der Waals surface area contributed by atoms with E-state index in [-0.39, 0.29) is 6.61 Å². The number of rotatable bonds is 9. The molecule has 3 aromatic rings. The molecule has 3 aromatic carbocycles. The molecule has 7 heteroatoms. The summed E-state index contributed by atoms with van der Waals surface area (Å²) in [7, 11) is 1.56. The van der Waals surface area contributed by atoms with Crippen molar-refractivity contribution >= 4 is 12.1 Å². The fourth-order valence-corrected chi connectivity index (χ4v) is 2.60. The first kappa shape index (κ1) is 21.4. The highest BCUT2D eigenvalue weighted by Crippen LogP contribution is 2.28. The fraction of sp³-hybridized carbons (Fsp3) is 0.125. The second-order valence-electron chi connectivity index (χ2n) is 6.40. The van der Waals surface area contributed by atoms with E-state index in [4.69, 9.17) is 19.5 Å². The van der Waals surface area contributed by atoms with Crippen molar-refractivity contribution in [3.8, 4) is 23.3 Å². The Kier molecular flexibility index (Phi) is 7.61. The number of hydrazone groups is 1. The molecule has 3 rings (SSSR count). The van der Waals surface area contributed by atoms with Crippen LogP contribution in [0.25, 0.3) is 0 Å². The Morgan fingerprint density at radius 1 is 1.03 bits per heavy atom. The summed E-state index contributed by atoms with van der Waals surface area (Å²) in [5.41, 5.74) is 4.72. The van der Waals surface area contributed by atoms with E-state index in [0.29, 0.717) is 29.4 Å². The van der Waals surface area contributed by atoms with Gasteiger partial charge in [0.05, 0.1) is 25.0 Å². The molecule has 1 amide bonds. The SMILES string of the molecule is COc1cc(/C=N/NC(=O)COc2ccc(C#N)cc2)ccc1OCc1ccccc1. The fourth-order valence-electron chi connectivity index (χ4n) is 2.60. The van der Waals surface area contributed by atoms with Crippen molar-refractivity contribution in [1.82, 2.24) is 5.43 Å². The molecule has 0 aromatic heterocycles. The Labute approximate surface area is 180 Å². The number of nitrogens with zero attached hydrogens (tertiary/aromatic N) is 2. The highest BCUT2D eigenvalue weighted by atomic mass is 16.5. The summed E-state index contributed by atoms with van der Waals surface area (Å²) < 4.78 is 16.6. The smallest absolute Gasteiger partial charge is 0.277 e. The lowest BCUT2D eigenvalue weighted by molar-refractivity contribution is -0.123. The van der Waals surface area contributed by atoms with Crippen LogP contribution in [0.15, 0.2) is 77.9 Å². The van der Waals surface area contributed by atoms with Gasteiger partial charge in [-0.3, -0.25) is 4.79 Å². The number of nitriles is 1. The van der Waals surface area contributed by atoms with Crippen molar-refractivity contribution in [1.29, 1.82) is 5.26 Å². The summed E-state index contributed by atoms with van der Waals surface area (Å²) in [5, 5.41) is 12.7. The Morgan fingerprint density at radius 2 is 1.81 bits per heavy atom. The number of carbonyl (C=O) groups is 1. The van der Waals surface area contributed by atoms with E-state index in [9.17, 15) is 4.79 Å². The van der Waals surface area contributed by atoms with E-state index in [1.807, 2.05) is 42.5 Å². The lowest BCUT2D eigenvalue weighted by atomic mass is 10.2. The molecule has 0 saturated heterocycles. The molecule has 0 unspecified atom stereocenters. The summed E-state index contributed by atoms with van der Waals surface area (Å²) in [6, 6.07) is 23.7. The molecule has 0 aliphatic heterocycles. The molecule has 0 radical (unpaired) electrons. The molecule has 0 atom stereocenters. The maximum Gasteiger partial charge on any atom is 0.277 e. The molecule has 0 saturated carbocycles. The molecule has 31 heavy (non-hydrogen) atoms. The van der Waals surface area contributed by atoms with Gasteiger partial charge in [0.1, 0.15) is 12.4 Å². The number of hydrogen-bond acceptors (Lipinski definition) is 6. The second kappa shape index (κ2) is 11.0. The third-order valence-electron chi connectivity index (χ3n) is 4.18. The van der Waals surface area contributed by atoms with Gasteiger partial charge < -0.3 is 14.2 Å². The van der Waals surface area contributed by atoms with Gasteiger partial charge in [-0.15, -0.1) is 0 Å². The first-order valence-corrected chi connectivity index (χ1v) is 9.47. The molecule has 1 N–H and O–H groups in total. The quantitative estimate of drug-likeness (QED) is 0.425. The largest absolute Gasteiger partial charge is 0.493 e. The van der Waals surface area contributed by atoms with Crippen molar-refractivity contribution in [3.05, 3.63) is 89.5 Å². The van der Waals surface area contributed by atoms with Crippen LogP contribution >= 0.6 is 0 Å². The van der Waals surface area contributed by atoms with E-state index in [0.717, 1.165) is 11.1 Å². The maximum absolute atomic E-state index is 11.9. The monoisotopic (exact) mass is 415 g/mol. The molecule has 0 fully saturated rings. The van der Waals surface area contributed by atoms with Crippen LogP contribution in [0.3, 0.4) is 0 Å². The van der Waals surface area contributed by atoms with Crippen LogP contribution in [0.1, 0.15) is 16.7 Å². The Balaban J connectivity index is 1.50. The van der Waals surface area contributed by atoms with Gasteiger partial charge in [-0.1, -0.05) is 30.3 Å². The number of amides is 1. The zero-order chi connectivity index (χ0) is 21.9. The van der Waals surface area contributed by atoms with E-state index < -0.39 is 5.91 Å². The second-order valence-corrected chi connectivity index (χ2v) is 6.40. The van der Waals surface area contributed by atoms with Crippen LogP contribution in [0.5, 0.6) is 17.2 Å². The average molecular weight is 415 g/mol. The molecular formula is C24H21N3O4.